The van der Waals surface area contributed by atoms with E-state index in [1.165, 1.54) is 78.2 Å². The number of rotatable bonds is 14. The van der Waals surface area contributed by atoms with Gasteiger partial charge in [0, 0.05) is 19.2 Å². The van der Waals surface area contributed by atoms with E-state index < -0.39 is 0 Å². The van der Waals surface area contributed by atoms with Crippen LogP contribution in [-0.2, 0) is 0 Å². The van der Waals surface area contributed by atoms with Gasteiger partial charge < -0.3 is 9.47 Å². The van der Waals surface area contributed by atoms with Gasteiger partial charge in [0.2, 0.25) is 0 Å². The van der Waals surface area contributed by atoms with E-state index in [2.05, 4.69) is 74.5 Å². The quantitative estimate of drug-likeness (QED) is 0.128. The van der Waals surface area contributed by atoms with Crippen molar-refractivity contribution < 1.29 is 9.47 Å². The lowest BCUT2D eigenvalue weighted by atomic mass is 10.2. The van der Waals surface area contributed by atoms with Crippen molar-refractivity contribution in [3.05, 3.63) is 60.7 Å². The Morgan fingerprint density at radius 2 is 0.946 bits per heavy atom. The lowest BCUT2D eigenvalue weighted by Crippen LogP contribution is -1.96. The number of benzene rings is 2. The summed E-state index contributed by atoms with van der Waals surface area (Å²) in [6, 6.07) is 21.9. The summed E-state index contributed by atoms with van der Waals surface area (Å²) in [6.45, 7) is 6.09. The lowest BCUT2D eigenvalue weighted by Gasteiger charge is -2.06. The highest BCUT2D eigenvalue weighted by Gasteiger charge is 2.15. The van der Waals surface area contributed by atoms with Crippen molar-refractivity contribution in [2.24, 2.45) is 0 Å². The molecular formula is C32H36O2S3. The smallest absolute Gasteiger partial charge is 0.119 e. The van der Waals surface area contributed by atoms with E-state index in [1.807, 2.05) is 34.0 Å². The lowest BCUT2D eigenvalue weighted by molar-refractivity contribution is 0.305. The molecule has 0 atom stereocenters. The second kappa shape index (κ2) is 12.9. The Morgan fingerprint density at radius 3 is 1.35 bits per heavy atom. The summed E-state index contributed by atoms with van der Waals surface area (Å²) in [6.07, 6.45) is 9.85. The van der Waals surface area contributed by atoms with E-state index in [9.17, 15) is 0 Å². The van der Waals surface area contributed by atoms with Crippen molar-refractivity contribution in [1.82, 2.24) is 0 Å². The molecule has 3 aromatic heterocycles. The number of hydrogen-bond acceptors (Lipinski definition) is 5. The standard InChI is InChI=1S/C32H36O2S3/c1-3-5-7-9-19-33-25-15-11-23(12-16-25)27-21-29-31(36-27)32-30(35-29)22-28(37-32)24-13-17-26(18-14-24)34-20-10-8-6-4-2/h11-18,21-22H,3-10,19-20H2,1-2H3. The number of thiophene rings is 3. The monoisotopic (exact) mass is 548 g/mol. The number of ether oxygens (including phenoxy) is 2. The summed E-state index contributed by atoms with van der Waals surface area (Å²) in [5.74, 6) is 1.94. The zero-order valence-corrected chi connectivity index (χ0v) is 24.3. The highest BCUT2D eigenvalue weighted by Crippen LogP contribution is 2.48. The van der Waals surface area contributed by atoms with Gasteiger partial charge in [-0.25, -0.2) is 0 Å². The number of unbranched alkanes of at least 4 members (excludes halogenated alkanes) is 6. The Kier molecular flexibility index (Phi) is 9.19. The molecule has 2 nitrogen and oxygen atoms in total. The van der Waals surface area contributed by atoms with E-state index in [4.69, 9.17) is 9.47 Å². The fourth-order valence-electron chi connectivity index (χ4n) is 4.49. The molecule has 5 rings (SSSR count). The Balaban J connectivity index is 1.24. The van der Waals surface area contributed by atoms with Gasteiger partial charge in [-0.15, -0.1) is 34.0 Å². The third kappa shape index (κ3) is 6.57. The van der Waals surface area contributed by atoms with Gasteiger partial charge in [-0.2, -0.15) is 0 Å². The van der Waals surface area contributed by atoms with Gasteiger partial charge in [0.25, 0.3) is 0 Å². The summed E-state index contributed by atoms with van der Waals surface area (Å²) in [7, 11) is 0. The predicted octanol–water partition coefficient (Wildman–Crippen LogP) is 11.4. The van der Waals surface area contributed by atoms with Gasteiger partial charge in [-0.3, -0.25) is 0 Å². The van der Waals surface area contributed by atoms with Crippen molar-refractivity contribution in [3.63, 3.8) is 0 Å². The van der Waals surface area contributed by atoms with E-state index in [-0.39, 0.29) is 0 Å². The zero-order valence-electron chi connectivity index (χ0n) is 21.9. The van der Waals surface area contributed by atoms with E-state index in [0.29, 0.717) is 0 Å². The van der Waals surface area contributed by atoms with Crippen LogP contribution in [0.1, 0.15) is 65.2 Å². The molecule has 0 fully saturated rings. The maximum absolute atomic E-state index is 5.93. The van der Waals surface area contributed by atoms with Crippen LogP contribution >= 0.6 is 34.0 Å². The topological polar surface area (TPSA) is 18.5 Å². The molecule has 0 N–H and O–H groups in total. The molecule has 0 amide bonds. The van der Waals surface area contributed by atoms with Crippen molar-refractivity contribution in [3.8, 4) is 32.4 Å². The minimum absolute atomic E-state index is 0.807. The van der Waals surface area contributed by atoms with Crippen molar-refractivity contribution in [1.29, 1.82) is 0 Å². The van der Waals surface area contributed by atoms with E-state index in [0.717, 1.165) is 37.6 Å². The van der Waals surface area contributed by atoms with Crippen molar-refractivity contribution >= 4 is 52.8 Å². The van der Waals surface area contributed by atoms with Crippen LogP contribution in [0.4, 0.5) is 0 Å². The summed E-state index contributed by atoms with van der Waals surface area (Å²) in [4.78, 5) is 2.65. The van der Waals surface area contributed by atoms with E-state index in [1.54, 1.807) is 0 Å². The minimum atomic E-state index is 0.807. The van der Waals surface area contributed by atoms with Crippen LogP contribution in [0.15, 0.2) is 60.7 Å². The third-order valence-corrected chi connectivity index (χ3v) is 10.5. The Labute approximate surface area is 232 Å². The molecule has 37 heavy (non-hydrogen) atoms. The second-order valence-electron chi connectivity index (χ2n) is 9.58. The molecule has 0 saturated heterocycles. The SMILES string of the molecule is CCCCCCOc1ccc(-c2cc3sc4cc(-c5ccc(OCCCCCC)cc5)sc4c3s2)cc1. The van der Waals surface area contributed by atoms with Crippen LogP contribution in [0, 0.1) is 0 Å². The molecule has 0 saturated carbocycles. The first kappa shape index (κ1) is 26.3. The van der Waals surface area contributed by atoms with Crippen LogP contribution in [0.2, 0.25) is 0 Å². The predicted molar refractivity (Wildman–Crippen MR) is 165 cm³/mol. The van der Waals surface area contributed by atoms with Gasteiger partial charge in [0.1, 0.15) is 11.5 Å². The summed E-state index contributed by atoms with van der Waals surface area (Å²) >= 11 is 5.72. The second-order valence-corrected chi connectivity index (χ2v) is 12.8. The Bertz CT molecular complexity index is 1280. The van der Waals surface area contributed by atoms with Crippen LogP contribution in [0.5, 0.6) is 11.5 Å². The molecule has 0 bridgehead atoms. The highest BCUT2D eigenvalue weighted by molar-refractivity contribution is 7.40. The molecule has 0 aliphatic heterocycles. The molecule has 0 spiro atoms. The van der Waals surface area contributed by atoms with Crippen LogP contribution in [-0.4, -0.2) is 13.2 Å². The van der Waals surface area contributed by atoms with Gasteiger partial charge in [0.15, 0.2) is 0 Å². The maximum Gasteiger partial charge on any atom is 0.119 e. The molecule has 0 radical (unpaired) electrons. The van der Waals surface area contributed by atoms with Crippen molar-refractivity contribution in [2.45, 2.75) is 65.2 Å². The first-order chi connectivity index (χ1) is 18.2. The number of hydrogen-bond donors (Lipinski definition) is 0. The molecule has 0 aliphatic carbocycles. The molecule has 5 heteroatoms. The highest BCUT2D eigenvalue weighted by atomic mass is 32.1. The summed E-state index contributed by atoms with van der Waals surface area (Å²) in [5, 5.41) is 0. The molecule has 194 valence electrons. The number of fused-ring (bicyclic) bond motifs is 3. The molecule has 0 aliphatic rings. The fraction of sp³-hybridized carbons (Fsp3) is 0.375. The Hall–Kier alpha value is -2.34. The third-order valence-electron chi connectivity index (χ3n) is 6.63. The zero-order chi connectivity index (χ0) is 25.5. The van der Waals surface area contributed by atoms with Gasteiger partial charge in [-0.1, -0.05) is 52.4 Å². The van der Waals surface area contributed by atoms with Crippen LogP contribution in [0.3, 0.4) is 0 Å². The first-order valence-electron chi connectivity index (χ1n) is 13.7. The van der Waals surface area contributed by atoms with E-state index >= 15 is 0 Å². The Morgan fingerprint density at radius 1 is 0.514 bits per heavy atom. The molecule has 3 heterocycles. The van der Waals surface area contributed by atoms with Crippen LogP contribution < -0.4 is 9.47 Å². The average Bonchev–Trinajstić information content (AvgIpc) is 3.60. The summed E-state index contributed by atoms with van der Waals surface area (Å²) in [5.41, 5.74) is 2.53. The molecule has 0 unspecified atom stereocenters. The average molecular weight is 549 g/mol. The van der Waals surface area contributed by atoms with Gasteiger partial charge in [-0.05, 0) is 84.6 Å². The molecular weight excluding hydrogens is 513 g/mol. The van der Waals surface area contributed by atoms with Gasteiger partial charge >= 0.3 is 0 Å². The fourth-order valence-corrected chi connectivity index (χ4v) is 8.52. The largest absolute Gasteiger partial charge is 0.494 e. The maximum atomic E-state index is 5.93. The normalized spacial score (nSPS) is 11.5. The van der Waals surface area contributed by atoms with Crippen LogP contribution in [0.25, 0.3) is 39.7 Å². The first-order valence-corrected chi connectivity index (χ1v) is 16.1. The van der Waals surface area contributed by atoms with Gasteiger partial charge in [0.05, 0.1) is 22.6 Å². The molecule has 5 aromatic rings. The molecule has 2 aromatic carbocycles. The minimum Gasteiger partial charge on any atom is -0.494 e. The van der Waals surface area contributed by atoms with Crippen molar-refractivity contribution in [2.75, 3.05) is 13.2 Å². The summed E-state index contributed by atoms with van der Waals surface area (Å²) < 4.78 is 17.5.